The number of amides is 1. The number of anilines is 1. The zero-order valence-electron chi connectivity index (χ0n) is 17.5. The van der Waals surface area contributed by atoms with Gasteiger partial charge in [0.2, 0.25) is 0 Å². The van der Waals surface area contributed by atoms with Crippen LogP contribution in [0.1, 0.15) is 11.1 Å². The SMILES string of the molecule is N=NC1(C(=O)Nc2ccc(Cl)cc2)C=CC(c2ccccc2)=C(c2ccc(OC(F)F)cc2)O1. The third kappa shape index (κ3) is 4.97. The monoisotopic (exact) mass is 481 g/mol. The van der Waals surface area contributed by atoms with Gasteiger partial charge in [0.05, 0.1) is 0 Å². The van der Waals surface area contributed by atoms with Gasteiger partial charge in [-0.2, -0.15) is 8.78 Å². The topological polar surface area (TPSA) is 83.8 Å². The number of rotatable bonds is 7. The highest BCUT2D eigenvalue weighted by Gasteiger charge is 2.42. The van der Waals surface area contributed by atoms with E-state index in [0.29, 0.717) is 21.8 Å². The molecule has 1 aliphatic rings. The van der Waals surface area contributed by atoms with Crippen molar-refractivity contribution in [3.05, 3.63) is 107 Å². The Morgan fingerprint density at radius 3 is 2.29 bits per heavy atom. The van der Waals surface area contributed by atoms with Crippen molar-refractivity contribution in [2.45, 2.75) is 12.3 Å². The molecule has 1 unspecified atom stereocenters. The van der Waals surface area contributed by atoms with E-state index in [0.717, 1.165) is 5.56 Å². The maximum Gasteiger partial charge on any atom is 0.387 e. The molecule has 34 heavy (non-hydrogen) atoms. The summed E-state index contributed by atoms with van der Waals surface area (Å²) >= 11 is 5.90. The summed E-state index contributed by atoms with van der Waals surface area (Å²) in [7, 11) is 0. The predicted octanol–water partition coefficient (Wildman–Crippen LogP) is 6.76. The lowest BCUT2D eigenvalue weighted by Crippen LogP contribution is -2.42. The van der Waals surface area contributed by atoms with Gasteiger partial charge in [0, 0.05) is 21.8 Å². The van der Waals surface area contributed by atoms with Crippen LogP contribution in [0.3, 0.4) is 0 Å². The van der Waals surface area contributed by atoms with Crippen LogP contribution in [0.25, 0.3) is 11.3 Å². The number of hydrogen-bond donors (Lipinski definition) is 2. The standard InChI is InChI=1S/C25H18ClF2N3O3/c26-18-8-10-19(11-9-18)30-23(32)25(31-29)15-14-21(16-4-2-1-3-5-16)22(34-25)17-6-12-20(13-7-17)33-24(27)28/h1-15,24,29H,(H,30,32). The van der Waals surface area contributed by atoms with E-state index in [4.69, 9.17) is 21.9 Å². The Bertz CT molecular complexity index is 1250. The lowest BCUT2D eigenvalue weighted by Gasteiger charge is -2.31. The summed E-state index contributed by atoms with van der Waals surface area (Å²) in [5.74, 6) is -0.466. The molecule has 172 valence electrons. The van der Waals surface area contributed by atoms with Gasteiger partial charge in [-0.05, 0) is 66.2 Å². The summed E-state index contributed by atoms with van der Waals surface area (Å²) in [6, 6.07) is 21.5. The number of benzene rings is 3. The van der Waals surface area contributed by atoms with Gasteiger partial charge in [-0.1, -0.05) is 41.9 Å². The molecule has 6 nitrogen and oxygen atoms in total. The van der Waals surface area contributed by atoms with Crippen molar-refractivity contribution in [3.8, 4) is 5.75 Å². The molecule has 0 radical (unpaired) electrons. The van der Waals surface area contributed by atoms with Crippen molar-refractivity contribution in [1.29, 1.82) is 5.53 Å². The van der Waals surface area contributed by atoms with E-state index < -0.39 is 18.2 Å². The van der Waals surface area contributed by atoms with Crippen molar-refractivity contribution in [1.82, 2.24) is 0 Å². The summed E-state index contributed by atoms with van der Waals surface area (Å²) in [4.78, 5) is 13.1. The van der Waals surface area contributed by atoms with Gasteiger partial charge in [-0.25, -0.2) is 5.53 Å². The first-order chi connectivity index (χ1) is 16.4. The van der Waals surface area contributed by atoms with E-state index in [1.165, 1.54) is 30.3 Å². The summed E-state index contributed by atoms with van der Waals surface area (Å²) < 4.78 is 35.6. The smallest absolute Gasteiger partial charge is 0.387 e. The average molecular weight is 482 g/mol. The normalized spacial score (nSPS) is 17.3. The molecule has 1 aliphatic heterocycles. The number of carbonyl (C=O) groups is 1. The second-order valence-corrected chi connectivity index (χ2v) is 7.65. The van der Waals surface area contributed by atoms with Gasteiger partial charge in [0.15, 0.2) is 0 Å². The Labute approximate surface area is 199 Å². The van der Waals surface area contributed by atoms with E-state index in [9.17, 15) is 13.6 Å². The Morgan fingerprint density at radius 1 is 1.00 bits per heavy atom. The largest absolute Gasteiger partial charge is 0.451 e. The third-order valence-corrected chi connectivity index (χ3v) is 5.25. The van der Waals surface area contributed by atoms with E-state index in [-0.39, 0.29) is 11.5 Å². The highest BCUT2D eigenvalue weighted by molar-refractivity contribution is 6.30. The zero-order valence-corrected chi connectivity index (χ0v) is 18.3. The molecule has 0 aromatic heterocycles. The first-order valence-electron chi connectivity index (χ1n) is 10.1. The lowest BCUT2D eigenvalue weighted by atomic mass is 9.96. The summed E-state index contributed by atoms with van der Waals surface area (Å²) in [6.45, 7) is -2.95. The van der Waals surface area contributed by atoms with Crippen molar-refractivity contribution in [2.75, 3.05) is 5.32 Å². The predicted molar refractivity (Wildman–Crippen MR) is 125 cm³/mol. The number of carbonyl (C=O) groups excluding carboxylic acids is 1. The van der Waals surface area contributed by atoms with Gasteiger partial charge < -0.3 is 14.8 Å². The Hall–Kier alpha value is -4.04. The van der Waals surface area contributed by atoms with E-state index in [2.05, 4.69) is 15.2 Å². The highest BCUT2D eigenvalue weighted by atomic mass is 35.5. The maximum absolute atomic E-state index is 13.1. The Balaban J connectivity index is 1.72. The highest BCUT2D eigenvalue weighted by Crippen LogP contribution is 2.39. The van der Waals surface area contributed by atoms with Gasteiger partial charge in [0.1, 0.15) is 11.5 Å². The molecular weight excluding hydrogens is 464 g/mol. The van der Waals surface area contributed by atoms with Crippen molar-refractivity contribution >= 4 is 34.5 Å². The molecular formula is C25H18ClF2N3O3. The van der Waals surface area contributed by atoms with Gasteiger partial charge >= 0.3 is 12.3 Å². The fourth-order valence-electron chi connectivity index (χ4n) is 3.35. The van der Waals surface area contributed by atoms with Gasteiger partial charge in [0.25, 0.3) is 5.91 Å². The molecule has 9 heteroatoms. The van der Waals surface area contributed by atoms with Crippen LogP contribution in [-0.4, -0.2) is 18.2 Å². The van der Waals surface area contributed by atoms with Crippen LogP contribution in [0.5, 0.6) is 5.75 Å². The quantitative estimate of drug-likeness (QED) is 0.365. The average Bonchev–Trinajstić information content (AvgIpc) is 2.85. The first-order valence-corrected chi connectivity index (χ1v) is 10.5. The van der Waals surface area contributed by atoms with Crippen LogP contribution in [0.2, 0.25) is 5.02 Å². The number of ether oxygens (including phenoxy) is 2. The van der Waals surface area contributed by atoms with Crippen LogP contribution in [0.15, 0.2) is 96.1 Å². The molecule has 0 fully saturated rings. The molecule has 1 amide bonds. The molecule has 1 atom stereocenters. The first kappa shape index (κ1) is 23.1. The second-order valence-electron chi connectivity index (χ2n) is 7.22. The van der Waals surface area contributed by atoms with Crippen LogP contribution >= 0.6 is 11.6 Å². The molecule has 0 saturated carbocycles. The molecule has 4 rings (SSSR count). The summed E-state index contributed by atoms with van der Waals surface area (Å²) in [6.07, 6.45) is 3.04. The molecule has 1 heterocycles. The minimum absolute atomic E-state index is 0.0242. The molecule has 2 N–H and O–H groups in total. The molecule has 0 aliphatic carbocycles. The van der Waals surface area contributed by atoms with Crippen molar-refractivity contribution in [2.24, 2.45) is 5.11 Å². The minimum atomic E-state index is -2.95. The van der Waals surface area contributed by atoms with Crippen molar-refractivity contribution in [3.63, 3.8) is 0 Å². The molecule has 0 bridgehead atoms. The van der Waals surface area contributed by atoms with E-state index >= 15 is 0 Å². The number of alkyl halides is 2. The fourth-order valence-corrected chi connectivity index (χ4v) is 3.48. The molecule has 0 spiro atoms. The van der Waals surface area contributed by atoms with Crippen LogP contribution < -0.4 is 10.1 Å². The minimum Gasteiger partial charge on any atom is -0.451 e. The van der Waals surface area contributed by atoms with Crippen LogP contribution in [0.4, 0.5) is 14.5 Å². The second kappa shape index (κ2) is 9.84. The van der Waals surface area contributed by atoms with E-state index in [1.54, 1.807) is 30.3 Å². The van der Waals surface area contributed by atoms with Crippen molar-refractivity contribution < 1.29 is 23.0 Å². The Kier molecular flexibility index (Phi) is 6.70. The molecule has 3 aromatic rings. The molecule has 3 aromatic carbocycles. The maximum atomic E-state index is 13.1. The molecule has 0 saturated heterocycles. The van der Waals surface area contributed by atoms with Crippen LogP contribution in [0, 0.1) is 5.53 Å². The number of hydrogen-bond acceptors (Lipinski definition) is 5. The van der Waals surface area contributed by atoms with Gasteiger partial charge in [-0.3, -0.25) is 4.79 Å². The number of nitrogens with zero attached hydrogens (tertiary/aromatic N) is 1. The summed E-state index contributed by atoms with van der Waals surface area (Å²) in [5.41, 5.74) is 8.12. The van der Waals surface area contributed by atoms with Crippen LogP contribution in [-0.2, 0) is 9.53 Å². The van der Waals surface area contributed by atoms with Gasteiger partial charge in [-0.15, -0.1) is 5.11 Å². The Morgan fingerprint density at radius 2 is 1.68 bits per heavy atom. The third-order valence-electron chi connectivity index (χ3n) is 5.00. The summed E-state index contributed by atoms with van der Waals surface area (Å²) in [5, 5.41) is 6.68. The number of allylic oxidation sites excluding steroid dienone is 2. The fraction of sp³-hybridized carbons (Fsp3) is 0.0800. The lowest BCUT2D eigenvalue weighted by molar-refractivity contribution is -0.129. The number of nitrogens with one attached hydrogen (secondary N) is 2. The number of halogens is 3. The van der Waals surface area contributed by atoms with E-state index in [1.807, 2.05) is 30.3 Å². The zero-order chi connectivity index (χ0) is 24.1.